The molecule has 0 unspecified atom stereocenters. The third-order valence-electron chi connectivity index (χ3n) is 2.97. The Morgan fingerprint density at radius 1 is 1.45 bits per heavy atom. The Hall–Kier alpha value is -2.87. The predicted octanol–water partition coefficient (Wildman–Crippen LogP) is 3.48. The molecule has 1 aromatic rings. The first-order valence-electron chi connectivity index (χ1n) is 6.98. The molecule has 0 saturated heterocycles. The maximum absolute atomic E-state index is 12.4. The fourth-order valence-corrected chi connectivity index (χ4v) is 1.96. The summed E-state index contributed by atoms with van der Waals surface area (Å²) in [7, 11) is 0. The average Bonchev–Trinajstić information content (AvgIpc) is 2.50. The van der Waals surface area contributed by atoms with Crippen LogP contribution >= 0.6 is 0 Å². The number of allylic oxidation sites excluding steroid dienone is 1. The van der Waals surface area contributed by atoms with Crippen molar-refractivity contribution in [3.63, 3.8) is 0 Å². The molecule has 1 rings (SSSR count). The van der Waals surface area contributed by atoms with Crippen LogP contribution in [0.2, 0.25) is 0 Å². The second kappa shape index (κ2) is 8.42. The van der Waals surface area contributed by atoms with Crippen molar-refractivity contribution in [3.8, 4) is 6.07 Å². The van der Waals surface area contributed by atoms with Crippen molar-refractivity contribution in [3.05, 3.63) is 48.2 Å². The summed E-state index contributed by atoms with van der Waals surface area (Å²) < 4.78 is 0. The van der Waals surface area contributed by atoms with E-state index in [1.165, 1.54) is 6.20 Å². The minimum atomic E-state index is -0.255. The molecule has 0 atom stereocenters. The molecule has 0 aliphatic heterocycles. The Bertz CT molecular complexity index is 666. The van der Waals surface area contributed by atoms with Crippen LogP contribution in [0, 0.1) is 11.3 Å². The first-order valence-corrected chi connectivity index (χ1v) is 6.98. The van der Waals surface area contributed by atoms with Crippen molar-refractivity contribution < 1.29 is 4.79 Å². The number of nitrogens with zero attached hydrogens (tertiary/aromatic N) is 2. The molecule has 5 nitrogen and oxygen atoms in total. The van der Waals surface area contributed by atoms with Crippen molar-refractivity contribution >= 4 is 23.0 Å². The van der Waals surface area contributed by atoms with Crippen molar-refractivity contribution in [1.82, 2.24) is 0 Å². The fourth-order valence-electron chi connectivity index (χ4n) is 1.96. The quantitative estimate of drug-likeness (QED) is 0.623. The minimum absolute atomic E-state index is 0.255. The van der Waals surface area contributed by atoms with E-state index in [1.807, 2.05) is 6.92 Å². The third kappa shape index (κ3) is 4.32. The number of nitriles is 1. The van der Waals surface area contributed by atoms with Gasteiger partial charge >= 0.3 is 0 Å². The zero-order valence-corrected chi connectivity index (χ0v) is 13.1. The van der Waals surface area contributed by atoms with Gasteiger partial charge in [-0.3, -0.25) is 9.79 Å². The van der Waals surface area contributed by atoms with Crippen LogP contribution in [0.5, 0.6) is 0 Å². The lowest BCUT2D eigenvalue weighted by molar-refractivity contribution is -0.112. The predicted molar refractivity (Wildman–Crippen MR) is 91.0 cm³/mol. The molecule has 1 aromatic carbocycles. The first-order chi connectivity index (χ1) is 10.6. The molecule has 0 spiro atoms. The number of hydrogen-bond donors (Lipinski definition) is 2. The second-order valence-electron chi connectivity index (χ2n) is 4.46. The molecule has 2 N–H and O–H groups in total. The van der Waals surface area contributed by atoms with Crippen LogP contribution in [-0.4, -0.2) is 18.2 Å². The van der Waals surface area contributed by atoms with E-state index in [1.54, 1.807) is 38.1 Å². The molecule has 0 aromatic heterocycles. The number of hydrogen-bond acceptors (Lipinski definition) is 4. The molecule has 0 radical (unpaired) electrons. The lowest BCUT2D eigenvalue weighted by Crippen LogP contribution is -2.20. The van der Waals surface area contributed by atoms with Crippen LogP contribution in [0.3, 0.4) is 0 Å². The molecule has 22 heavy (non-hydrogen) atoms. The zero-order valence-electron chi connectivity index (χ0n) is 13.1. The summed E-state index contributed by atoms with van der Waals surface area (Å²) in [4.78, 5) is 16.4. The Kier molecular flexibility index (Phi) is 6.58. The molecule has 0 aliphatic rings. The number of anilines is 2. The van der Waals surface area contributed by atoms with Gasteiger partial charge in [0.2, 0.25) is 0 Å². The van der Waals surface area contributed by atoms with Crippen molar-refractivity contribution in [2.45, 2.75) is 20.8 Å². The summed E-state index contributed by atoms with van der Waals surface area (Å²) in [5.74, 6) is -0.255. The Morgan fingerprint density at radius 3 is 2.73 bits per heavy atom. The number of nitrogens with one attached hydrogen (secondary N) is 2. The average molecular weight is 296 g/mol. The molecular formula is C17H20N4O. The lowest BCUT2D eigenvalue weighted by atomic mass is 10.1. The molecule has 0 heterocycles. The number of benzene rings is 1. The van der Waals surface area contributed by atoms with Gasteiger partial charge in [0.25, 0.3) is 5.91 Å². The molecule has 5 heteroatoms. The topological polar surface area (TPSA) is 77.3 Å². The number of aliphatic imine (C=N–C) groups is 1. The highest BCUT2D eigenvalue weighted by Crippen LogP contribution is 2.23. The lowest BCUT2D eigenvalue weighted by Gasteiger charge is -2.13. The Balaban J connectivity index is 3.08. The van der Waals surface area contributed by atoms with E-state index in [4.69, 9.17) is 5.26 Å². The van der Waals surface area contributed by atoms with Gasteiger partial charge in [-0.25, -0.2) is 0 Å². The molecule has 0 saturated carbocycles. The van der Waals surface area contributed by atoms with E-state index in [2.05, 4.69) is 28.3 Å². The molecular weight excluding hydrogens is 276 g/mol. The summed E-state index contributed by atoms with van der Waals surface area (Å²) in [5.41, 5.74) is 2.94. The molecule has 1 amide bonds. The third-order valence-corrected chi connectivity index (χ3v) is 2.97. The van der Waals surface area contributed by atoms with E-state index in [-0.39, 0.29) is 5.91 Å². The molecule has 114 valence electrons. The number of rotatable bonds is 6. The minimum Gasteiger partial charge on any atom is -0.384 e. The molecule has 0 bridgehead atoms. The Labute approximate surface area is 131 Å². The van der Waals surface area contributed by atoms with Crippen LogP contribution in [0.1, 0.15) is 26.3 Å². The van der Waals surface area contributed by atoms with E-state index in [0.29, 0.717) is 34.8 Å². The summed E-state index contributed by atoms with van der Waals surface area (Å²) in [5, 5.41) is 14.9. The van der Waals surface area contributed by atoms with Crippen LogP contribution in [0.25, 0.3) is 0 Å². The van der Waals surface area contributed by atoms with Crippen molar-refractivity contribution in [1.29, 1.82) is 5.26 Å². The van der Waals surface area contributed by atoms with Gasteiger partial charge in [-0.15, -0.1) is 0 Å². The van der Waals surface area contributed by atoms with Gasteiger partial charge in [0.05, 0.1) is 28.6 Å². The second-order valence-corrected chi connectivity index (χ2v) is 4.46. The van der Waals surface area contributed by atoms with Crippen LogP contribution in [-0.2, 0) is 4.79 Å². The number of amides is 1. The summed E-state index contributed by atoms with van der Waals surface area (Å²) in [6.45, 7) is 9.69. The van der Waals surface area contributed by atoms with Gasteiger partial charge in [-0.2, -0.15) is 5.26 Å². The van der Waals surface area contributed by atoms with Crippen LogP contribution < -0.4 is 10.6 Å². The van der Waals surface area contributed by atoms with Gasteiger partial charge in [0, 0.05) is 18.5 Å². The van der Waals surface area contributed by atoms with Gasteiger partial charge in [-0.05, 0) is 39.0 Å². The van der Waals surface area contributed by atoms with Gasteiger partial charge in [-0.1, -0.05) is 12.7 Å². The number of carbonyl (C=O) groups is 1. The largest absolute Gasteiger partial charge is 0.384 e. The van der Waals surface area contributed by atoms with E-state index < -0.39 is 0 Å². The van der Waals surface area contributed by atoms with E-state index in [9.17, 15) is 4.79 Å². The van der Waals surface area contributed by atoms with Crippen molar-refractivity contribution in [2.24, 2.45) is 4.99 Å². The normalized spacial score (nSPS) is 11.5. The highest BCUT2D eigenvalue weighted by molar-refractivity contribution is 6.25. The Morgan fingerprint density at radius 2 is 2.18 bits per heavy atom. The SMILES string of the molecule is C=CN=C(C)/C(=C\C)C(=O)Nc1ccc(C#N)cc1NCC. The summed E-state index contributed by atoms with van der Waals surface area (Å²) in [6, 6.07) is 7.16. The number of carbonyl (C=O) groups excluding carboxylic acids is 1. The standard InChI is InChI=1S/C17H20N4O/c1-5-14(12(4)19-6-2)17(22)21-15-9-8-13(11-18)10-16(15)20-7-3/h5-6,8-10,20H,2,7H2,1,3-4H3,(H,21,22)/b14-5+,19-12?. The molecule has 0 fully saturated rings. The monoisotopic (exact) mass is 296 g/mol. The molecule has 0 aliphatic carbocycles. The smallest absolute Gasteiger partial charge is 0.257 e. The van der Waals surface area contributed by atoms with Gasteiger partial charge in [0.1, 0.15) is 0 Å². The van der Waals surface area contributed by atoms with Gasteiger partial charge in [0.15, 0.2) is 0 Å². The maximum atomic E-state index is 12.4. The van der Waals surface area contributed by atoms with Crippen LogP contribution in [0.4, 0.5) is 11.4 Å². The zero-order chi connectivity index (χ0) is 16.5. The summed E-state index contributed by atoms with van der Waals surface area (Å²) in [6.07, 6.45) is 3.10. The van der Waals surface area contributed by atoms with Crippen molar-refractivity contribution in [2.75, 3.05) is 17.2 Å². The fraction of sp³-hybridized carbons (Fsp3) is 0.235. The maximum Gasteiger partial charge on any atom is 0.257 e. The van der Waals surface area contributed by atoms with E-state index >= 15 is 0 Å². The van der Waals surface area contributed by atoms with Crippen LogP contribution in [0.15, 0.2) is 47.6 Å². The highest BCUT2D eigenvalue weighted by atomic mass is 16.1. The summed E-state index contributed by atoms with van der Waals surface area (Å²) >= 11 is 0. The first kappa shape index (κ1) is 17.2. The highest BCUT2D eigenvalue weighted by Gasteiger charge is 2.14. The van der Waals surface area contributed by atoms with E-state index in [0.717, 1.165) is 0 Å². The van der Waals surface area contributed by atoms with Gasteiger partial charge < -0.3 is 10.6 Å².